The highest BCUT2D eigenvalue weighted by Crippen LogP contribution is 2.25. The highest BCUT2D eigenvalue weighted by molar-refractivity contribution is 5.96. The fourth-order valence-corrected chi connectivity index (χ4v) is 1.74. The first-order valence-electron chi connectivity index (χ1n) is 6.23. The van der Waals surface area contributed by atoms with Gasteiger partial charge in [0.25, 0.3) is 0 Å². The lowest BCUT2D eigenvalue weighted by molar-refractivity contribution is 0.0940. The summed E-state index contributed by atoms with van der Waals surface area (Å²) < 4.78 is 0. The Morgan fingerprint density at radius 2 is 1.41 bits per heavy atom. The Bertz CT molecular complexity index is 385. The van der Waals surface area contributed by atoms with Gasteiger partial charge in [-0.2, -0.15) is 0 Å². The summed E-state index contributed by atoms with van der Waals surface area (Å²) in [6, 6.07) is 8.04. The van der Waals surface area contributed by atoms with Gasteiger partial charge in [0, 0.05) is 12.0 Å². The zero-order valence-corrected chi connectivity index (χ0v) is 11.9. The van der Waals surface area contributed by atoms with E-state index >= 15 is 0 Å². The Morgan fingerprint density at radius 3 is 1.76 bits per heavy atom. The van der Waals surface area contributed by atoms with Crippen LogP contribution in [0, 0.1) is 5.41 Å². The van der Waals surface area contributed by atoms with Crippen LogP contribution in [0.4, 0.5) is 0 Å². The zero-order chi connectivity index (χ0) is 13.3. The van der Waals surface area contributed by atoms with Gasteiger partial charge in [0.15, 0.2) is 5.78 Å². The van der Waals surface area contributed by atoms with Gasteiger partial charge in [0.05, 0.1) is 0 Å². The average Bonchev–Trinajstić information content (AvgIpc) is 2.14. The van der Waals surface area contributed by atoms with Crippen molar-refractivity contribution in [3.05, 3.63) is 35.4 Å². The molecule has 0 saturated heterocycles. The number of ketones is 1. The Kier molecular flexibility index (Phi) is 3.81. The van der Waals surface area contributed by atoms with Gasteiger partial charge in [0.1, 0.15) is 0 Å². The SMILES string of the molecule is CC(C)(C)CC(=O)c1ccc(C(C)(C)C)cc1. The molecule has 0 heterocycles. The number of carbonyl (C=O) groups excluding carboxylic acids is 1. The van der Waals surface area contributed by atoms with E-state index in [1.807, 2.05) is 12.1 Å². The van der Waals surface area contributed by atoms with E-state index < -0.39 is 0 Å². The molecule has 1 aromatic carbocycles. The topological polar surface area (TPSA) is 17.1 Å². The maximum Gasteiger partial charge on any atom is 0.163 e. The Labute approximate surface area is 105 Å². The molecule has 1 rings (SSSR count). The molecule has 0 atom stereocenters. The van der Waals surface area contributed by atoms with Crippen molar-refractivity contribution < 1.29 is 4.79 Å². The van der Waals surface area contributed by atoms with E-state index in [4.69, 9.17) is 0 Å². The molecule has 0 N–H and O–H groups in total. The number of carbonyl (C=O) groups is 1. The summed E-state index contributed by atoms with van der Waals surface area (Å²) >= 11 is 0. The van der Waals surface area contributed by atoms with Crippen molar-refractivity contribution in [2.45, 2.75) is 53.4 Å². The quantitative estimate of drug-likeness (QED) is 0.681. The first kappa shape index (κ1) is 14.0. The van der Waals surface area contributed by atoms with Gasteiger partial charge in [0.2, 0.25) is 0 Å². The lowest BCUT2D eigenvalue weighted by Gasteiger charge is -2.20. The number of hydrogen-bond donors (Lipinski definition) is 0. The lowest BCUT2D eigenvalue weighted by atomic mass is 9.84. The van der Waals surface area contributed by atoms with Crippen molar-refractivity contribution in [1.29, 1.82) is 0 Å². The van der Waals surface area contributed by atoms with Crippen molar-refractivity contribution >= 4 is 5.78 Å². The molecule has 1 aromatic rings. The summed E-state index contributed by atoms with van der Waals surface area (Å²) in [6.45, 7) is 12.8. The summed E-state index contributed by atoms with van der Waals surface area (Å²) in [6.07, 6.45) is 0.599. The molecule has 17 heavy (non-hydrogen) atoms. The molecule has 94 valence electrons. The third kappa shape index (κ3) is 4.33. The molecule has 0 radical (unpaired) electrons. The van der Waals surface area contributed by atoms with Crippen LogP contribution >= 0.6 is 0 Å². The van der Waals surface area contributed by atoms with Crippen molar-refractivity contribution in [2.75, 3.05) is 0 Å². The van der Waals surface area contributed by atoms with Crippen LogP contribution in [0.15, 0.2) is 24.3 Å². The summed E-state index contributed by atoms with van der Waals surface area (Å²) in [5, 5.41) is 0. The molecule has 0 aliphatic rings. The third-order valence-corrected chi connectivity index (χ3v) is 2.76. The second kappa shape index (κ2) is 4.64. The highest BCUT2D eigenvalue weighted by atomic mass is 16.1. The fourth-order valence-electron chi connectivity index (χ4n) is 1.74. The molecular formula is C16H24O. The van der Waals surface area contributed by atoms with E-state index in [9.17, 15) is 4.79 Å². The Morgan fingerprint density at radius 1 is 0.941 bits per heavy atom. The predicted molar refractivity (Wildman–Crippen MR) is 73.5 cm³/mol. The molecule has 0 spiro atoms. The van der Waals surface area contributed by atoms with Crippen LogP contribution < -0.4 is 0 Å². The van der Waals surface area contributed by atoms with Crippen LogP contribution in [0.25, 0.3) is 0 Å². The third-order valence-electron chi connectivity index (χ3n) is 2.76. The highest BCUT2D eigenvalue weighted by Gasteiger charge is 2.18. The monoisotopic (exact) mass is 232 g/mol. The summed E-state index contributed by atoms with van der Waals surface area (Å²) in [5.74, 6) is 0.234. The summed E-state index contributed by atoms with van der Waals surface area (Å²) in [5.41, 5.74) is 2.29. The van der Waals surface area contributed by atoms with Gasteiger partial charge in [-0.25, -0.2) is 0 Å². The molecular weight excluding hydrogens is 208 g/mol. The predicted octanol–water partition coefficient (Wildman–Crippen LogP) is 4.60. The first-order valence-corrected chi connectivity index (χ1v) is 6.23. The van der Waals surface area contributed by atoms with Gasteiger partial charge in [-0.1, -0.05) is 65.8 Å². The molecule has 0 bridgehead atoms. The molecule has 0 aliphatic carbocycles. The van der Waals surface area contributed by atoms with Gasteiger partial charge in [-0.3, -0.25) is 4.79 Å². The van der Waals surface area contributed by atoms with Crippen LogP contribution in [-0.4, -0.2) is 5.78 Å². The molecule has 0 fully saturated rings. The maximum atomic E-state index is 12.0. The largest absolute Gasteiger partial charge is 0.294 e. The standard InChI is InChI=1S/C16H24O/c1-15(2,3)11-14(17)12-7-9-13(10-8-12)16(4,5)6/h7-10H,11H2,1-6H3. The Balaban J connectivity index is 2.85. The molecule has 0 unspecified atom stereocenters. The second-order valence-corrected chi connectivity index (χ2v) is 6.99. The number of Topliss-reactive ketones (excluding diaryl/α,β-unsaturated/α-hetero) is 1. The van der Waals surface area contributed by atoms with E-state index in [0.717, 1.165) is 5.56 Å². The van der Waals surface area contributed by atoms with Gasteiger partial charge in [-0.05, 0) is 16.4 Å². The Hall–Kier alpha value is -1.11. The van der Waals surface area contributed by atoms with E-state index in [2.05, 4.69) is 53.7 Å². The van der Waals surface area contributed by atoms with Crippen molar-refractivity contribution in [1.82, 2.24) is 0 Å². The zero-order valence-electron chi connectivity index (χ0n) is 11.9. The fraction of sp³-hybridized carbons (Fsp3) is 0.562. The molecule has 0 aromatic heterocycles. The van der Waals surface area contributed by atoms with Crippen molar-refractivity contribution in [3.63, 3.8) is 0 Å². The van der Waals surface area contributed by atoms with E-state index in [0.29, 0.717) is 6.42 Å². The van der Waals surface area contributed by atoms with Crippen molar-refractivity contribution in [2.24, 2.45) is 5.41 Å². The molecule has 0 saturated carbocycles. The minimum absolute atomic E-state index is 0.0553. The molecule has 1 heteroatoms. The first-order chi connectivity index (χ1) is 7.59. The molecule has 0 amide bonds. The van der Waals surface area contributed by atoms with Crippen LogP contribution in [0.2, 0.25) is 0 Å². The minimum Gasteiger partial charge on any atom is -0.294 e. The van der Waals surface area contributed by atoms with E-state index in [-0.39, 0.29) is 16.6 Å². The second-order valence-electron chi connectivity index (χ2n) is 6.99. The summed E-state index contributed by atoms with van der Waals surface area (Å²) in [4.78, 5) is 12.0. The van der Waals surface area contributed by atoms with Crippen molar-refractivity contribution in [3.8, 4) is 0 Å². The van der Waals surface area contributed by atoms with Gasteiger partial charge >= 0.3 is 0 Å². The number of rotatable bonds is 2. The minimum atomic E-state index is 0.0553. The van der Waals surface area contributed by atoms with Gasteiger partial charge < -0.3 is 0 Å². The smallest absolute Gasteiger partial charge is 0.163 e. The lowest BCUT2D eigenvalue weighted by Crippen LogP contribution is -2.14. The maximum absolute atomic E-state index is 12.0. The van der Waals surface area contributed by atoms with E-state index in [1.54, 1.807) is 0 Å². The van der Waals surface area contributed by atoms with Crippen LogP contribution in [0.3, 0.4) is 0 Å². The van der Waals surface area contributed by atoms with Crippen LogP contribution in [0.5, 0.6) is 0 Å². The number of benzene rings is 1. The molecule has 0 aliphatic heterocycles. The van der Waals surface area contributed by atoms with Crippen LogP contribution in [-0.2, 0) is 5.41 Å². The summed E-state index contributed by atoms with van der Waals surface area (Å²) in [7, 11) is 0. The molecule has 1 nitrogen and oxygen atoms in total. The van der Waals surface area contributed by atoms with Gasteiger partial charge in [-0.15, -0.1) is 0 Å². The van der Waals surface area contributed by atoms with E-state index in [1.165, 1.54) is 5.56 Å². The number of hydrogen-bond acceptors (Lipinski definition) is 1. The average molecular weight is 232 g/mol. The van der Waals surface area contributed by atoms with Crippen LogP contribution in [0.1, 0.15) is 63.9 Å². The normalized spacial score (nSPS) is 12.6.